The Morgan fingerprint density at radius 3 is 2.52 bits per heavy atom. The molecule has 2 nitrogen and oxygen atoms in total. The molecule has 118 valence electrons. The minimum absolute atomic E-state index is 0.147. The lowest BCUT2D eigenvalue weighted by atomic mass is 10.0. The van der Waals surface area contributed by atoms with Gasteiger partial charge in [0.2, 0.25) is 0 Å². The lowest BCUT2D eigenvalue weighted by Crippen LogP contribution is -2.31. The van der Waals surface area contributed by atoms with Crippen LogP contribution in [0.3, 0.4) is 0 Å². The largest absolute Gasteiger partial charge is 0.313 e. The number of nitrogens with one attached hydrogen (secondary N) is 1. The van der Waals surface area contributed by atoms with Crippen molar-refractivity contribution in [3.05, 3.63) is 35.6 Å². The van der Waals surface area contributed by atoms with Crippen molar-refractivity contribution in [3.63, 3.8) is 0 Å². The Morgan fingerprint density at radius 1 is 1.24 bits per heavy atom. The summed E-state index contributed by atoms with van der Waals surface area (Å²) in [5, 5.41) is 3.33. The van der Waals surface area contributed by atoms with Crippen molar-refractivity contribution >= 4 is 0 Å². The van der Waals surface area contributed by atoms with E-state index in [0.717, 1.165) is 30.5 Å². The SMILES string of the molecule is CNC(CCN(CCC(C)C)C1CC1)c1cccc(F)c1. The molecule has 1 aromatic carbocycles. The van der Waals surface area contributed by atoms with E-state index in [4.69, 9.17) is 0 Å². The standard InChI is InChI=1S/C18H29FN2/c1-14(2)9-11-21(17-7-8-17)12-10-18(20-3)15-5-4-6-16(19)13-15/h4-6,13-14,17-18,20H,7-12H2,1-3H3. The van der Waals surface area contributed by atoms with Crippen LogP contribution in [0, 0.1) is 11.7 Å². The van der Waals surface area contributed by atoms with Gasteiger partial charge in [0.15, 0.2) is 0 Å². The third-order valence-corrected chi connectivity index (χ3v) is 4.36. The highest BCUT2D eigenvalue weighted by Crippen LogP contribution is 2.29. The molecule has 1 saturated carbocycles. The Balaban J connectivity index is 1.88. The molecule has 1 atom stereocenters. The first-order valence-electron chi connectivity index (χ1n) is 8.27. The van der Waals surface area contributed by atoms with Crippen molar-refractivity contribution in [1.29, 1.82) is 0 Å². The van der Waals surface area contributed by atoms with E-state index in [0.29, 0.717) is 0 Å². The van der Waals surface area contributed by atoms with Gasteiger partial charge in [-0.15, -0.1) is 0 Å². The fourth-order valence-corrected chi connectivity index (χ4v) is 2.84. The number of halogens is 1. The molecule has 1 N–H and O–H groups in total. The van der Waals surface area contributed by atoms with Crippen LogP contribution in [0.1, 0.15) is 51.1 Å². The van der Waals surface area contributed by atoms with E-state index < -0.39 is 0 Å². The average Bonchev–Trinajstić information content (AvgIpc) is 3.27. The molecule has 0 heterocycles. The van der Waals surface area contributed by atoms with Crippen molar-refractivity contribution < 1.29 is 4.39 Å². The molecule has 1 unspecified atom stereocenters. The quantitative estimate of drug-likeness (QED) is 0.740. The fraction of sp³-hybridized carbons (Fsp3) is 0.667. The Labute approximate surface area is 128 Å². The second kappa shape index (κ2) is 7.90. The second-order valence-corrected chi connectivity index (χ2v) is 6.63. The van der Waals surface area contributed by atoms with Crippen LogP contribution in [0.2, 0.25) is 0 Å². The van der Waals surface area contributed by atoms with Crippen molar-refractivity contribution in [1.82, 2.24) is 10.2 Å². The van der Waals surface area contributed by atoms with Gasteiger partial charge in [0.25, 0.3) is 0 Å². The first-order valence-corrected chi connectivity index (χ1v) is 8.27. The van der Waals surface area contributed by atoms with Crippen LogP contribution in [0.4, 0.5) is 4.39 Å². The Bertz CT molecular complexity index is 429. The van der Waals surface area contributed by atoms with Crippen LogP contribution in [-0.2, 0) is 0 Å². The Kier molecular flexibility index (Phi) is 6.19. The summed E-state index contributed by atoms with van der Waals surface area (Å²) in [4.78, 5) is 2.63. The van der Waals surface area contributed by atoms with Gasteiger partial charge in [-0.05, 0) is 62.9 Å². The minimum Gasteiger partial charge on any atom is -0.313 e. The monoisotopic (exact) mass is 292 g/mol. The molecule has 21 heavy (non-hydrogen) atoms. The summed E-state index contributed by atoms with van der Waals surface area (Å²) in [6, 6.07) is 8.01. The summed E-state index contributed by atoms with van der Waals surface area (Å²) < 4.78 is 13.4. The van der Waals surface area contributed by atoms with Crippen LogP contribution in [0.5, 0.6) is 0 Å². The summed E-state index contributed by atoms with van der Waals surface area (Å²) in [5.74, 6) is 0.612. The van der Waals surface area contributed by atoms with E-state index in [1.807, 2.05) is 13.1 Å². The van der Waals surface area contributed by atoms with Crippen molar-refractivity contribution in [2.45, 2.75) is 51.6 Å². The molecular formula is C18H29FN2. The molecule has 3 heteroatoms. The molecule has 1 aliphatic carbocycles. The molecule has 0 spiro atoms. The maximum Gasteiger partial charge on any atom is 0.123 e. The topological polar surface area (TPSA) is 15.3 Å². The lowest BCUT2D eigenvalue weighted by molar-refractivity contribution is 0.235. The van der Waals surface area contributed by atoms with Crippen LogP contribution < -0.4 is 5.32 Å². The fourth-order valence-electron chi connectivity index (χ4n) is 2.84. The van der Waals surface area contributed by atoms with E-state index in [-0.39, 0.29) is 11.9 Å². The van der Waals surface area contributed by atoms with Gasteiger partial charge in [-0.2, -0.15) is 0 Å². The minimum atomic E-state index is -0.147. The summed E-state index contributed by atoms with van der Waals surface area (Å²) in [7, 11) is 1.96. The Morgan fingerprint density at radius 2 is 1.95 bits per heavy atom. The summed E-state index contributed by atoms with van der Waals surface area (Å²) in [6.07, 6.45) is 5.00. The summed E-state index contributed by atoms with van der Waals surface area (Å²) >= 11 is 0. The maximum absolute atomic E-state index is 13.4. The van der Waals surface area contributed by atoms with Gasteiger partial charge in [0.1, 0.15) is 5.82 Å². The van der Waals surface area contributed by atoms with E-state index in [1.165, 1.54) is 31.9 Å². The predicted molar refractivity (Wildman–Crippen MR) is 86.9 cm³/mol. The molecule has 0 aliphatic heterocycles. The highest BCUT2D eigenvalue weighted by Gasteiger charge is 2.28. The zero-order valence-electron chi connectivity index (χ0n) is 13.6. The van der Waals surface area contributed by atoms with Gasteiger partial charge in [-0.3, -0.25) is 0 Å². The number of hydrogen-bond donors (Lipinski definition) is 1. The van der Waals surface area contributed by atoms with Crippen LogP contribution in [-0.4, -0.2) is 31.1 Å². The van der Waals surface area contributed by atoms with E-state index in [1.54, 1.807) is 12.1 Å². The van der Waals surface area contributed by atoms with Gasteiger partial charge in [-0.1, -0.05) is 26.0 Å². The van der Waals surface area contributed by atoms with E-state index in [9.17, 15) is 4.39 Å². The molecule has 1 aliphatic rings. The molecule has 0 bridgehead atoms. The van der Waals surface area contributed by atoms with Crippen molar-refractivity contribution in [3.8, 4) is 0 Å². The summed E-state index contributed by atoms with van der Waals surface area (Å²) in [6.45, 7) is 6.86. The van der Waals surface area contributed by atoms with Crippen LogP contribution in [0.25, 0.3) is 0 Å². The molecular weight excluding hydrogens is 263 g/mol. The first kappa shape index (κ1) is 16.4. The number of nitrogens with zero attached hydrogens (tertiary/aromatic N) is 1. The van der Waals surface area contributed by atoms with Gasteiger partial charge in [-0.25, -0.2) is 4.39 Å². The highest BCUT2D eigenvalue weighted by molar-refractivity contribution is 5.20. The van der Waals surface area contributed by atoms with Gasteiger partial charge >= 0.3 is 0 Å². The number of benzene rings is 1. The summed E-state index contributed by atoms with van der Waals surface area (Å²) in [5.41, 5.74) is 1.05. The second-order valence-electron chi connectivity index (χ2n) is 6.63. The van der Waals surface area contributed by atoms with Crippen molar-refractivity contribution in [2.75, 3.05) is 20.1 Å². The molecule has 0 saturated heterocycles. The van der Waals surface area contributed by atoms with Gasteiger partial charge < -0.3 is 10.2 Å². The zero-order chi connectivity index (χ0) is 15.2. The number of rotatable bonds is 9. The zero-order valence-corrected chi connectivity index (χ0v) is 13.6. The van der Waals surface area contributed by atoms with Gasteiger partial charge in [0, 0.05) is 18.6 Å². The van der Waals surface area contributed by atoms with E-state index >= 15 is 0 Å². The molecule has 0 aromatic heterocycles. The Hall–Kier alpha value is -0.930. The van der Waals surface area contributed by atoms with Crippen LogP contribution in [0.15, 0.2) is 24.3 Å². The predicted octanol–water partition coefficient (Wildman–Crippen LogP) is 3.99. The highest BCUT2D eigenvalue weighted by atomic mass is 19.1. The molecule has 1 fully saturated rings. The maximum atomic E-state index is 13.4. The van der Waals surface area contributed by atoms with E-state index in [2.05, 4.69) is 24.1 Å². The van der Waals surface area contributed by atoms with Crippen molar-refractivity contribution in [2.24, 2.45) is 5.92 Å². The average molecular weight is 292 g/mol. The van der Waals surface area contributed by atoms with Gasteiger partial charge in [0.05, 0.1) is 0 Å². The molecule has 1 aromatic rings. The third kappa shape index (κ3) is 5.40. The molecule has 2 rings (SSSR count). The molecule has 0 amide bonds. The third-order valence-electron chi connectivity index (χ3n) is 4.36. The normalized spacial score (nSPS) is 16.7. The number of hydrogen-bond acceptors (Lipinski definition) is 2. The van der Waals surface area contributed by atoms with Crippen LogP contribution >= 0.6 is 0 Å². The lowest BCUT2D eigenvalue weighted by Gasteiger charge is -2.26. The first-order chi connectivity index (χ1) is 10.1. The smallest absolute Gasteiger partial charge is 0.123 e. The molecule has 0 radical (unpaired) electrons.